The van der Waals surface area contributed by atoms with Gasteiger partial charge < -0.3 is 16.0 Å². The predicted molar refractivity (Wildman–Crippen MR) is 84.1 cm³/mol. The van der Waals surface area contributed by atoms with Gasteiger partial charge in [0.05, 0.1) is 16.4 Å². The van der Waals surface area contributed by atoms with Crippen molar-refractivity contribution >= 4 is 22.6 Å². The van der Waals surface area contributed by atoms with Crippen molar-refractivity contribution in [2.24, 2.45) is 11.1 Å². The number of nitrogens with two attached hydrogens (primary N) is 1. The first-order valence-electron chi connectivity index (χ1n) is 7.36. The molecule has 0 atom stereocenters. The molecule has 3 rings (SSSR count). The van der Waals surface area contributed by atoms with Gasteiger partial charge in [0.25, 0.3) is 0 Å². The Labute approximate surface area is 124 Å². The lowest BCUT2D eigenvalue weighted by Crippen LogP contribution is -2.30. The van der Waals surface area contributed by atoms with E-state index in [2.05, 4.69) is 36.1 Å². The summed E-state index contributed by atoms with van der Waals surface area (Å²) in [6.07, 6.45) is 1.77. The van der Waals surface area contributed by atoms with Crippen LogP contribution in [0.3, 0.4) is 0 Å². The number of rotatable bonds is 3. The second-order valence-corrected chi connectivity index (χ2v) is 7.01. The normalized spacial score (nSPS) is 17.0. The first-order chi connectivity index (χ1) is 9.84. The van der Waals surface area contributed by atoms with Crippen LogP contribution in [-0.4, -0.2) is 22.4 Å². The second kappa shape index (κ2) is 4.56. The molecule has 1 aliphatic carbocycles. The molecule has 1 heterocycles. The summed E-state index contributed by atoms with van der Waals surface area (Å²) in [4.78, 5) is 20.1. The van der Waals surface area contributed by atoms with Crippen LogP contribution >= 0.6 is 0 Å². The monoisotopic (exact) mass is 286 g/mol. The molecule has 1 fully saturated rings. The van der Waals surface area contributed by atoms with Crippen molar-refractivity contribution in [2.45, 2.75) is 39.0 Å². The number of hydrogen-bond acceptors (Lipinski definition) is 3. The molecule has 0 saturated heterocycles. The first-order valence-corrected chi connectivity index (χ1v) is 7.36. The molecule has 112 valence electrons. The summed E-state index contributed by atoms with van der Waals surface area (Å²) in [7, 11) is 0. The predicted octanol–water partition coefficient (Wildman–Crippen LogP) is 2.54. The number of fused-ring (bicyclic) bond motifs is 1. The number of aromatic nitrogens is 2. The topological polar surface area (TPSA) is 83.8 Å². The van der Waals surface area contributed by atoms with Gasteiger partial charge in [-0.25, -0.2) is 4.98 Å². The van der Waals surface area contributed by atoms with E-state index in [9.17, 15) is 4.79 Å². The Morgan fingerprint density at radius 3 is 2.71 bits per heavy atom. The highest BCUT2D eigenvalue weighted by Gasteiger charge is 2.48. The van der Waals surface area contributed by atoms with E-state index in [0.29, 0.717) is 6.54 Å². The van der Waals surface area contributed by atoms with Crippen LogP contribution in [0, 0.1) is 5.41 Å². The average Bonchev–Trinajstić information content (AvgIpc) is 3.10. The summed E-state index contributed by atoms with van der Waals surface area (Å²) in [6, 6.07) is 5.75. The van der Waals surface area contributed by atoms with Crippen LogP contribution in [0.1, 0.15) is 39.4 Å². The molecule has 1 aliphatic rings. The third kappa shape index (κ3) is 2.53. The van der Waals surface area contributed by atoms with Crippen LogP contribution in [-0.2, 0) is 10.2 Å². The van der Waals surface area contributed by atoms with Gasteiger partial charge in [0.1, 0.15) is 5.82 Å². The van der Waals surface area contributed by atoms with E-state index < -0.39 is 0 Å². The van der Waals surface area contributed by atoms with Gasteiger partial charge in [-0.15, -0.1) is 0 Å². The van der Waals surface area contributed by atoms with E-state index in [1.165, 1.54) is 0 Å². The number of hydrogen-bond donors (Lipinski definition) is 3. The Hall–Kier alpha value is -1.88. The van der Waals surface area contributed by atoms with E-state index in [1.54, 1.807) is 0 Å². The summed E-state index contributed by atoms with van der Waals surface area (Å²) < 4.78 is 0. The lowest BCUT2D eigenvalue weighted by molar-refractivity contribution is -0.120. The maximum absolute atomic E-state index is 12.2. The highest BCUT2D eigenvalue weighted by Crippen LogP contribution is 2.45. The maximum atomic E-state index is 12.2. The summed E-state index contributed by atoms with van der Waals surface area (Å²) in [5.41, 5.74) is 7.97. The molecule has 0 unspecified atom stereocenters. The van der Waals surface area contributed by atoms with Gasteiger partial charge in [-0.1, -0.05) is 20.8 Å². The van der Waals surface area contributed by atoms with Gasteiger partial charge in [0.2, 0.25) is 5.91 Å². The molecule has 1 aromatic heterocycles. The molecule has 2 aromatic rings. The minimum absolute atomic E-state index is 0.0277. The number of anilines is 1. The molecule has 1 saturated carbocycles. The number of H-pyrrole nitrogens is 1. The van der Waals surface area contributed by atoms with Crippen LogP contribution in [0.25, 0.3) is 11.0 Å². The van der Waals surface area contributed by atoms with E-state index in [1.807, 2.05) is 18.2 Å². The Morgan fingerprint density at radius 2 is 2.14 bits per heavy atom. The second-order valence-electron chi connectivity index (χ2n) is 7.01. The fraction of sp³-hybridized carbons (Fsp3) is 0.500. The Kier molecular flexibility index (Phi) is 3.06. The van der Waals surface area contributed by atoms with E-state index in [0.717, 1.165) is 35.4 Å². The number of aromatic amines is 1. The minimum atomic E-state index is -0.334. The van der Waals surface area contributed by atoms with Crippen molar-refractivity contribution in [2.75, 3.05) is 11.9 Å². The highest BCUT2D eigenvalue weighted by atomic mass is 16.2. The smallest absolute Gasteiger partial charge is 0.231 e. The van der Waals surface area contributed by atoms with Gasteiger partial charge >= 0.3 is 0 Å². The quantitative estimate of drug-likeness (QED) is 0.810. The standard InChI is InChI=1S/C16H22N4O/c1-15(2,3)13-19-11-5-4-10(8-12(11)20-13)18-14(21)16(9-17)6-7-16/h4-5,8H,6-7,9,17H2,1-3H3,(H,18,21)(H,19,20). The number of nitrogens with zero attached hydrogens (tertiary/aromatic N) is 1. The number of carbonyl (C=O) groups excluding carboxylic acids is 1. The average molecular weight is 286 g/mol. The zero-order valence-electron chi connectivity index (χ0n) is 12.8. The fourth-order valence-electron chi connectivity index (χ4n) is 2.38. The van der Waals surface area contributed by atoms with Gasteiger partial charge in [-0.05, 0) is 31.0 Å². The molecule has 1 amide bonds. The van der Waals surface area contributed by atoms with Crippen molar-refractivity contribution < 1.29 is 4.79 Å². The lowest BCUT2D eigenvalue weighted by atomic mass is 9.96. The molecular formula is C16H22N4O. The third-order valence-corrected chi connectivity index (χ3v) is 4.18. The molecule has 1 aromatic carbocycles. The molecule has 5 heteroatoms. The van der Waals surface area contributed by atoms with E-state index in [4.69, 9.17) is 5.73 Å². The summed E-state index contributed by atoms with van der Waals surface area (Å²) >= 11 is 0. The molecule has 0 bridgehead atoms. The van der Waals surface area contributed by atoms with E-state index >= 15 is 0 Å². The molecular weight excluding hydrogens is 264 g/mol. The number of imidazole rings is 1. The third-order valence-electron chi connectivity index (χ3n) is 4.18. The van der Waals surface area contributed by atoms with Gasteiger partial charge in [0, 0.05) is 17.6 Å². The molecule has 4 N–H and O–H groups in total. The van der Waals surface area contributed by atoms with Gasteiger partial charge in [-0.3, -0.25) is 4.79 Å². The van der Waals surface area contributed by atoms with Crippen LogP contribution < -0.4 is 11.1 Å². The van der Waals surface area contributed by atoms with Gasteiger partial charge in [0.15, 0.2) is 0 Å². The van der Waals surface area contributed by atoms with Crippen LogP contribution in [0.2, 0.25) is 0 Å². The Balaban J connectivity index is 1.86. The number of nitrogens with one attached hydrogen (secondary N) is 2. The highest BCUT2D eigenvalue weighted by molar-refractivity contribution is 5.98. The minimum Gasteiger partial charge on any atom is -0.341 e. The molecule has 0 aliphatic heterocycles. The largest absolute Gasteiger partial charge is 0.341 e. The lowest BCUT2D eigenvalue weighted by Gasteiger charge is -2.13. The zero-order chi connectivity index (χ0) is 15.3. The summed E-state index contributed by atoms with van der Waals surface area (Å²) in [6.45, 7) is 6.77. The van der Waals surface area contributed by atoms with Crippen molar-refractivity contribution in [1.29, 1.82) is 0 Å². The zero-order valence-corrected chi connectivity index (χ0v) is 12.8. The van der Waals surface area contributed by atoms with Crippen LogP contribution in [0.15, 0.2) is 18.2 Å². The molecule has 21 heavy (non-hydrogen) atoms. The molecule has 0 radical (unpaired) electrons. The van der Waals surface area contributed by atoms with Crippen molar-refractivity contribution in [3.8, 4) is 0 Å². The summed E-state index contributed by atoms with van der Waals surface area (Å²) in [5.74, 6) is 0.974. The number of amides is 1. The Morgan fingerprint density at radius 1 is 1.43 bits per heavy atom. The van der Waals surface area contributed by atoms with Crippen molar-refractivity contribution in [3.63, 3.8) is 0 Å². The van der Waals surface area contributed by atoms with Crippen LogP contribution in [0.5, 0.6) is 0 Å². The van der Waals surface area contributed by atoms with Crippen molar-refractivity contribution in [3.05, 3.63) is 24.0 Å². The first kappa shape index (κ1) is 14.1. The van der Waals surface area contributed by atoms with Crippen molar-refractivity contribution in [1.82, 2.24) is 9.97 Å². The van der Waals surface area contributed by atoms with Gasteiger partial charge in [-0.2, -0.15) is 0 Å². The summed E-state index contributed by atoms with van der Waals surface area (Å²) in [5, 5.41) is 2.97. The SMILES string of the molecule is CC(C)(C)c1nc2ccc(NC(=O)C3(CN)CC3)cc2[nH]1. The molecule has 5 nitrogen and oxygen atoms in total. The Bertz CT molecular complexity index is 692. The number of carbonyl (C=O) groups is 1. The molecule has 0 spiro atoms. The maximum Gasteiger partial charge on any atom is 0.231 e. The van der Waals surface area contributed by atoms with E-state index in [-0.39, 0.29) is 16.7 Å². The van der Waals surface area contributed by atoms with Crippen LogP contribution in [0.4, 0.5) is 5.69 Å². The number of benzene rings is 1. The fourth-order valence-corrected chi connectivity index (χ4v) is 2.38.